The molecule has 2 aromatic heterocycles. The minimum absolute atomic E-state index is 0.244. The molecule has 1 saturated heterocycles. The summed E-state index contributed by atoms with van der Waals surface area (Å²) >= 11 is 0. The van der Waals surface area contributed by atoms with Crippen molar-refractivity contribution in [2.24, 2.45) is 0 Å². The van der Waals surface area contributed by atoms with Gasteiger partial charge in [0.1, 0.15) is 28.9 Å². The number of benzene rings is 1. The normalized spacial score (nSPS) is 14.8. The molecule has 1 aliphatic rings. The summed E-state index contributed by atoms with van der Waals surface area (Å²) in [6.45, 7) is 2.27. The highest BCUT2D eigenvalue weighted by Crippen LogP contribution is 2.26. The molecule has 4 rings (SSSR count). The van der Waals surface area contributed by atoms with E-state index in [1.165, 1.54) is 31.1 Å². The van der Waals surface area contributed by atoms with Crippen LogP contribution in [0.3, 0.4) is 0 Å². The van der Waals surface area contributed by atoms with E-state index in [0.29, 0.717) is 22.9 Å². The number of piperazine rings is 1. The van der Waals surface area contributed by atoms with E-state index in [1.54, 1.807) is 10.2 Å². The van der Waals surface area contributed by atoms with Gasteiger partial charge >= 0.3 is 12.3 Å². The number of hydrogen-bond donors (Lipinski definition) is 1. The Balaban J connectivity index is 1.86. The van der Waals surface area contributed by atoms with Gasteiger partial charge in [-0.3, -0.25) is 14.2 Å². The van der Waals surface area contributed by atoms with Crippen molar-refractivity contribution in [2.45, 2.75) is 25.6 Å². The molecule has 0 saturated carbocycles. The van der Waals surface area contributed by atoms with Crippen LogP contribution in [-0.2, 0) is 4.74 Å². The molecule has 1 fully saturated rings. The molecule has 1 aliphatic heterocycles. The number of nitrogens with one attached hydrogen (secondary N) is 1. The zero-order chi connectivity index (χ0) is 29.4. The summed E-state index contributed by atoms with van der Waals surface area (Å²) in [5.41, 5.74) is -3.09. The van der Waals surface area contributed by atoms with Crippen molar-refractivity contribution < 1.29 is 40.7 Å². The van der Waals surface area contributed by atoms with Crippen LogP contribution >= 0.6 is 0 Å². The van der Waals surface area contributed by atoms with Crippen molar-refractivity contribution in [3.8, 4) is 5.69 Å². The third-order valence-corrected chi connectivity index (χ3v) is 6.45. The molecule has 15 heteroatoms. The van der Waals surface area contributed by atoms with E-state index >= 15 is 0 Å². The molecule has 1 unspecified atom stereocenters. The molecule has 0 spiro atoms. The molecule has 40 heavy (non-hydrogen) atoms. The third kappa shape index (κ3) is 5.53. The number of fused-ring (bicyclic) bond motifs is 1. The van der Waals surface area contributed by atoms with Gasteiger partial charge in [-0.15, -0.1) is 0 Å². The quantitative estimate of drug-likeness (QED) is 0.469. The van der Waals surface area contributed by atoms with Crippen LogP contribution in [0.2, 0.25) is 0 Å². The average molecular weight is 571 g/mol. The topological polar surface area (TPSA) is 96.8 Å². The molecule has 3 heterocycles. The van der Waals surface area contributed by atoms with Gasteiger partial charge in [0, 0.05) is 44.5 Å². The molecule has 1 aromatic carbocycles. The first-order valence-corrected chi connectivity index (χ1v) is 12.0. The molecule has 3 aromatic rings. The fraction of sp³-hybridized carbons (Fsp3) is 0.360. The van der Waals surface area contributed by atoms with Crippen molar-refractivity contribution in [1.29, 1.82) is 0 Å². The standard InChI is InChI=1S/C25H23F6N5O4/c1-3-18(25(29,30)31)32-23(38)15-12-36(20-16(27)10-13(26)11-17(20)28)22-14(21(15)37)4-5-19(33-22)34-6-8-35(9-7-34)24(39)40-2/h4-5,10-12,18H,3,6-9H2,1-2H3,(H,32,38). The van der Waals surface area contributed by atoms with E-state index in [1.807, 2.05) is 0 Å². The molecule has 214 valence electrons. The highest BCUT2D eigenvalue weighted by Gasteiger charge is 2.40. The van der Waals surface area contributed by atoms with E-state index in [4.69, 9.17) is 4.74 Å². The highest BCUT2D eigenvalue weighted by molar-refractivity contribution is 5.97. The maximum atomic E-state index is 14.9. The number of rotatable bonds is 5. The van der Waals surface area contributed by atoms with Crippen LogP contribution in [0.5, 0.6) is 0 Å². The first-order valence-electron chi connectivity index (χ1n) is 12.0. The number of carbonyl (C=O) groups is 2. The van der Waals surface area contributed by atoms with Gasteiger partial charge in [0.2, 0.25) is 5.43 Å². The summed E-state index contributed by atoms with van der Waals surface area (Å²) in [4.78, 5) is 45.4. The Hall–Kier alpha value is -4.30. The third-order valence-electron chi connectivity index (χ3n) is 6.45. The first-order chi connectivity index (χ1) is 18.8. The molecule has 2 amide bonds. The van der Waals surface area contributed by atoms with Gasteiger partial charge in [-0.1, -0.05) is 6.92 Å². The van der Waals surface area contributed by atoms with E-state index < -0.39 is 64.8 Å². The van der Waals surface area contributed by atoms with Crippen LogP contribution in [0.4, 0.5) is 37.0 Å². The summed E-state index contributed by atoms with van der Waals surface area (Å²) in [7, 11) is 1.24. The number of carbonyl (C=O) groups excluding carboxylic acids is 2. The number of methoxy groups -OCH3 is 1. The van der Waals surface area contributed by atoms with Crippen LogP contribution in [0, 0.1) is 17.5 Å². The van der Waals surface area contributed by atoms with E-state index in [9.17, 15) is 40.7 Å². The van der Waals surface area contributed by atoms with Gasteiger partial charge in [-0.05, 0) is 18.6 Å². The maximum absolute atomic E-state index is 14.9. The number of hydrogen-bond acceptors (Lipinski definition) is 6. The average Bonchev–Trinajstić information content (AvgIpc) is 2.91. The molecular formula is C25H23F6N5O4. The summed E-state index contributed by atoms with van der Waals surface area (Å²) in [5, 5.41) is 1.40. The molecule has 1 N–H and O–H groups in total. The number of nitrogens with zero attached hydrogens (tertiary/aromatic N) is 4. The number of aromatic nitrogens is 2. The lowest BCUT2D eigenvalue weighted by molar-refractivity contribution is -0.153. The fourth-order valence-electron chi connectivity index (χ4n) is 4.36. The zero-order valence-electron chi connectivity index (χ0n) is 21.2. The zero-order valence-corrected chi connectivity index (χ0v) is 21.2. The second-order valence-corrected chi connectivity index (χ2v) is 8.92. The Bertz CT molecular complexity index is 1500. The van der Waals surface area contributed by atoms with Crippen LogP contribution in [0.1, 0.15) is 23.7 Å². The fourth-order valence-corrected chi connectivity index (χ4v) is 4.36. The Labute approximate surface area is 222 Å². The smallest absolute Gasteiger partial charge is 0.409 e. The Morgan fingerprint density at radius 1 is 1.07 bits per heavy atom. The minimum atomic E-state index is -4.82. The van der Waals surface area contributed by atoms with Crippen LogP contribution in [-0.4, -0.2) is 72.0 Å². The predicted octanol–water partition coefficient (Wildman–Crippen LogP) is 3.76. The summed E-state index contributed by atoms with van der Waals surface area (Å²) in [6, 6.07) is 1.07. The van der Waals surface area contributed by atoms with Gasteiger partial charge in [0.15, 0.2) is 17.3 Å². The van der Waals surface area contributed by atoms with Crippen LogP contribution in [0.15, 0.2) is 35.3 Å². The Morgan fingerprint density at radius 2 is 1.70 bits per heavy atom. The molecule has 1 atom stereocenters. The van der Waals surface area contributed by atoms with E-state index in [2.05, 4.69) is 4.98 Å². The lowest BCUT2D eigenvalue weighted by atomic mass is 10.1. The monoisotopic (exact) mass is 571 g/mol. The lowest BCUT2D eigenvalue weighted by Gasteiger charge is -2.34. The molecule has 0 radical (unpaired) electrons. The molecular weight excluding hydrogens is 548 g/mol. The second-order valence-electron chi connectivity index (χ2n) is 8.92. The number of alkyl halides is 3. The first kappa shape index (κ1) is 28.7. The maximum Gasteiger partial charge on any atom is 0.409 e. The number of halogens is 6. The second kappa shape index (κ2) is 11.1. The summed E-state index contributed by atoms with van der Waals surface area (Å²) < 4.78 is 88.6. The molecule has 0 bridgehead atoms. The number of amides is 2. The van der Waals surface area contributed by atoms with E-state index in [0.717, 1.165) is 0 Å². The molecule has 9 nitrogen and oxygen atoms in total. The van der Waals surface area contributed by atoms with Crippen molar-refractivity contribution in [2.75, 3.05) is 38.2 Å². The lowest BCUT2D eigenvalue weighted by Crippen LogP contribution is -2.49. The largest absolute Gasteiger partial charge is 0.453 e. The minimum Gasteiger partial charge on any atom is -0.453 e. The summed E-state index contributed by atoms with van der Waals surface area (Å²) in [6.07, 6.45) is -5.20. The molecule has 0 aliphatic carbocycles. The Kier molecular flexibility index (Phi) is 7.93. The van der Waals surface area contributed by atoms with Gasteiger partial charge in [0.25, 0.3) is 5.91 Å². The SMILES string of the molecule is CCC(NC(=O)c1cn(-c2c(F)cc(F)cc2F)c2nc(N3CCN(C(=O)OC)CC3)ccc2c1=O)C(F)(F)F. The van der Waals surface area contributed by atoms with Gasteiger partial charge in [-0.2, -0.15) is 13.2 Å². The van der Waals surface area contributed by atoms with Gasteiger partial charge in [-0.25, -0.2) is 22.9 Å². The predicted molar refractivity (Wildman–Crippen MR) is 131 cm³/mol. The van der Waals surface area contributed by atoms with Crippen molar-refractivity contribution in [3.05, 3.63) is 63.7 Å². The van der Waals surface area contributed by atoms with Crippen molar-refractivity contribution in [3.63, 3.8) is 0 Å². The Morgan fingerprint density at radius 3 is 2.25 bits per heavy atom. The number of ether oxygens (including phenoxy) is 1. The number of anilines is 1. The van der Waals surface area contributed by atoms with E-state index in [-0.39, 0.29) is 43.0 Å². The highest BCUT2D eigenvalue weighted by atomic mass is 19.4. The van der Waals surface area contributed by atoms with Crippen molar-refractivity contribution in [1.82, 2.24) is 19.8 Å². The van der Waals surface area contributed by atoms with Crippen LogP contribution < -0.4 is 15.6 Å². The van der Waals surface area contributed by atoms with Gasteiger partial charge in [0.05, 0.1) is 12.5 Å². The van der Waals surface area contributed by atoms with Gasteiger partial charge < -0.3 is 19.9 Å². The van der Waals surface area contributed by atoms with Crippen LogP contribution in [0.25, 0.3) is 16.7 Å². The number of pyridine rings is 2. The van der Waals surface area contributed by atoms with Crippen molar-refractivity contribution >= 4 is 28.9 Å². The summed E-state index contributed by atoms with van der Waals surface area (Å²) in [5.74, 6) is -5.23.